The quantitative estimate of drug-likeness (QED) is 0.815. The largest absolute Gasteiger partial charge is 0.507 e. The van der Waals surface area contributed by atoms with E-state index < -0.39 is 28.8 Å². The SMILES string of the molecule is Oc1cc(F)c(Cl)cc1-c1c(F)cccc1F. The van der Waals surface area contributed by atoms with E-state index >= 15 is 0 Å². The molecule has 0 heterocycles. The average Bonchev–Trinajstić information content (AvgIpc) is 2.25. The zero-order valence-corrected chi connectivity index (χ0v) is 9.10. The Balaban J connectivity index is 2.73. The first-order valence-electron chi connectivity index (χ1n) is 4.63. The van der Waals surface area contributed by atoms with E-state index in [1.807, 2.05) is 0 Å². The zero-order valence-electron chi connectivity index (χ0n) is 8.35. The highest BCUT2D eigenvalue weighted by Crippen LogP contribution is 2.36. The van der Waals surface area contributed by atoms with Crippen molar-refractivity contribution in [3.8, 4) is 16.9 Å². The number of benzene rings is 2. The summed E-state index contributed by atoms with van der Waals surface area (Å²) in [4.78, 5) is 0. The van der Waals surface area contributed by atoms with Gasteiger partial charge >= 0.3 is 0 Å². The molecular weight excluding hydrogens is 253 g/mol. The highest BCUT2D eigenvalue weighted by Gasteiger charge is 2.16. The van der Waals surface area contributed by atoms with Crippen LogP contribution in [-0.2, 0) is 0 Å². The molecule has 0 radical (unpaired) electrons. The van der Waals surface area contributed by atoms with Crippen LogP contribution in [0.15, 0.2) is 30.3 Å². The summed E-state index contributed by atoms with van der Waals surface area (Å²) in [6, 6.07) is 4.96. The van der Waals surface area contributed by atoms with Crippen molar-refractivity contribution in [3.05, 3.63) is 52.8 Å². The number of hydrogen-bond acceptors (Lipinski definition) is 1. The maximum Gasteiger partial charge on any atom is 0.145 e. The van der Waals surface area contributed by atoms with E-state index in [-0.39, 0.29) is 10.6 Å². The number of aromatic hydroxyl groups is 1. The van der Waals surface area contributed by atoms with Gasteiger partial charge in [-0.2, -0.15) is 0 Å². The van der Waals surface area contributed by atoms with Gasteiger partial charge in [0.25, 0.3) is 0 Å². The summed E-state index contributed by atoms with van der Waals surface area (Å²) in [7, 11) is 0. The molecule has 2 rings (SSSR count). The maximum atomic E-state index is 13.5. The van der Waals surface area contributed by atoms with Gasteiger partial charge in [0.05, 0.1) is 10.6 Å². The van der Waals surface area contributed by atoms with Gasteiger partial charge in [-0.25, -0.2) is 13.2 Å². The number of hydrogen-bond donors (Lipinski definition) is 1. The van der Waals surface area contributed by atoms with Gasteiger partial charge < -0.3 is 5.11 Å². The third-order valence-electron chi connectivity index (χ3n) is 2.27. The van der Waals surface area contributed by atoms with E-state index in [9.17, 15) is 18.3 Å². The Morgan fingerprint density at radius 2 is 1.53 bits per heavy atom. The van der Waals surface area contributed by atoms with E-state index in [1.165, 1.54) is 6.07 Å². The van der Waals surface area contributed by atoms with Gasteiger partial charge in [0, 0.05) is 11.6 Å². The van der Waals surface area contributed by atoms with Crippen molar-refractivity contribution in [2.45, 2.75) is 0 Å². The normalized spacial score (nSPS) is 10.6. The van der Waals surface area contributed by atoms with Crippen LogP contribution in [0.3, 0.4) is 0 Å². The standard InChI is InChI=1S/C12H6ClF3O/c13-7-4-6(11(17)5-10(7)16)12-8(14)2-1-3-9(12)15/h1-5,17H. The number of phenolic OH excluding ortho intramolecular Hbond substituents is 1. The summed E-state index contributed by atoms with van der Waals surface area (Å²) >= 11 is 5.51. The minimum absolute atomic E-state index is 0.188. The van der Waals surface area contributed by atoms with Crippen molar-refractivity contribution in [1.82, 2.24) is 0 Å². The minimum atomic E-state index is -0.858. The van der Waals surface area contributed by atoms with Gasteiger partial charge in [0.15, 0.2) is 0 Å². The van der Waals surface area contributed by atoms with Crippen LogP contribution >= 0.6 is 11.6 Å². The van der Waals surface area contributed by atoms with Crippen LogP contribution in [0.5, 0.6) is 5.75 Å². The second kappa shape index (κ2) is 4.30. The molecule has 0 saturated carbocycles. The smallest absolute Gasteiger partial charge is 0.145 e. The van der Waals surface area contributed by atoms with E-state index in [0.717, 1.165) is 18.2 Å². The molecule has 0 aliphatic heterocycles. The van der Waals surface area contributed by atoms with Crippen molar-refractivity contribution in [2.75, 3.05) is 0 Å². The topological polar surface area (TPSA) is 20.2 Å². The molecule has 17 heavy (non-hydrogen) atoms. The van der Waals surface area contributed by atoms with Gasteiger partial charge in [-0.15, -0.1) is 0 Å². The van der Waals surface area contributed by atoms with Crippen LogP contribution in [0, 0.1) is 17.5 Å². The van der Waals surface area contributed by atoms with E-state index in [1.54, 1.807) is 0 Å². The fourth-order valence-corrected chi connectivity index (χ4v) is 1.66. The highest BCUT2D eigenvalue weighted by atomic mass is 35.5. The Bertz CT molecular complexity index is 564. The lowest BCUT2D eigenvalue weighted by atomic mass is 10.0. The molecule has 0 atom stereocenters. The van der Waals surface area contributed by atoms with Gasteiger partial charge in [-0.1, -0.05) is 17.7 Å². The minimum Gasteiger partial charge on any atom is -0.507 e. The Morgan fingerprint density at radius 3 is 2.12 bits per heavy atom. The van der Waals surface area contributed by atoms with Gasteiger partial charge in [-0.05, 0) is 18.2 Å². The van der Waals surface area contributed by atoms with Crippen LogP contribution in [0.4, 0.5) is 13.2 Å². The fourth-order valence-electron chi connectivity index (χ4n) is 1.49. The summed E-state index contributed by atoms with van der Waals surface area (Å²) < 4.78 is 39.9. The van der Waals surface area contributed by atoms with Crippen LogP contribution < -0.4 is 0 Å². The van der Waals surface area contributed by atoms with Crippen molar-refractivity contribution in [1.29, 1.82) is 0 Å². The lowest BCUT2D eigenvalue weighted by molar-refractivity contribution is 0.469. The van der Waals surface area contributed by atoms with E-state index in [2.05, 4.69) is 0 Å². The molecule has 0 spiro atoms. The molecule has 1 N–H and O–H groups in total. The van der Waals surface area contributed by atoms with Crippen LogP contribution in [0.2, 0.25) is 5.02 Å². The van der Waals surface area contributed by atoms with Crippen LogP contribution in [0.1, 0.15) is 0 Å². The molecule has 0 bridgehead atoms. The fraction of sp³-hybridized carbons (Fsp3) is 0. The molecule has 0 amide bonds. The maximum absolute atomic E-state index is 13.5. The van der Waals surface area contributed by atoms with Crippen molar-refractivity contribution < 1.29 is 18.3 Å². The second-order valence-corrected chi connectivity index (χ2v) is 3.79. The number of rotatable bonds is 1. The highest BCUT2D eigenvalue weighted by molar-refractivity contribution is 6.31. The predicted octanol–water partition coefficient (Wildman–Crippen LogP) is 4.13. The predicted molar refractivity (Wildman–Crippen MR) is 58.4 cm³/mol. The summed E-state index contributed by atoms with van der Waals surface area (Å²) in [6.07, 6.45) is 0. The lowest BCUT2D eigenvalue weighted by Crippen LogP contribution is -1.91. The summed E-state index contributed by atoms with van der Waals surface area (Å²) in [5.41, 5.74) is -0.626. The molecule has 0 fully saturated rings. The molecule has 0 saturated heterocycles. The van der Waals surface area contributed by atoms with Gasteiger partial charge in [0.1, 0.15) is 23.2 Å². The van der Waals surface area contributed by atoms with Gasteiger partial charge in [-0.3, -0.25) is 0 Å². The molecule has 2 aromatic rings. The summed E-state index contributed by atoms with van der Waals surface area (Å²) in [6.45, 7) is 0. The zero-order chi connectivity index (χ0) is 12.6. The van der Waals surface area contributed by atoms with Crippen molar-refractivity contribution in [3.63, 3.8) is 0 Å². The summed E-state index contributed by atoms with van der Waals surface area (Å²) in [5.74, 6) is -3.15. The van der Waals surface area contributed by atoms with Crippen molar-refractivity contribution in [2.24, 2.45) is 0 Å². The molecule has 0 aliphatic rings. The van der Waals surface area contributed by atoms with Crippen LogP contribution in [0.25, 0.3) is 11.1 Å². The molecule has 2 aromatic carbocycles. The molecule has 0 aliphatic carbocycles. The molecule has 5 heteroatoms. The van der Waals surface area contributed by atoms with E-state index in [0.29, 0.717) is 6.07 Å². The third-order valence-corrected chi connectivity index (χ3v) is 2.56. The first kappa shape index (κ1) is 11.8. The number of phenols is 1. The first-order chi connectivity index (χ1) is 8.00. The molecule has 0 aromatic heterocycles. The average molecular weight is 259 g/mol. The second-order valence-electron chi connectivity index (χ2n) is 3.38. The summed E-state index contributed by atoms with van der Waals surface area (Å²) in [5, 5.41) is 9.17. The molecule has 1 nitrogen and oxygen atoms in total. The molecular formula is C12H6ClF3O. The van der Waals surface area contributed by atoms with Crippen LogP contribution in [-0.4, -0.2) is 5.11 Å². The Kier molecular flexibility index (Phi) is 2.98. The van der Waals surface area contributed by atoms with Crippen molar-refractivity contribution >= 4 is 11.6 Å². The molecule has 0 unspecified atom stereocenters. The van der Waals surface area contributed by atoms with E-state index in [4.69, 9.17) is 11.6 Å². The lowest BCUT2D eigenvalue weighted by Gasteiger charge is -2.08. The third kappa shape index (κ3) is 2.08. The van der Waals surface area contributed by atoms with Gasteiger partial charge in [0.2, 0.25) is 0 Å². The Morgan fingerprint density at radius 1 is 0.941 bits per heavy atom. The molecule has 88 valence electrons. The Hall–Kier alpha value is -1.68. The monoisotopic (exact) mass is 258 g/mol. The first-order valence-corrected chi connectivity index (χ1v) is 5.01. The number of halogens is 4. The Labute approximate surface area is 100 Å².